The molecule has 0 aromatic carbocycles. The van der Waals surface area contributed by atoms with Crippen molar-refractivity contribution in [1.82, 2.24) is 9.55 Å². The number of ether oxygens (including phenoxy) is 1. The van der Waals surface area contributed by atoms with E-state index in [4.69, 9.17) is 10.00 Å². The van der Waals surface area contributed by atoms with Gasteiger partial charge in [-0.3, -0.25) is 0 Å². The zero-order valence-electron chi connectivity index (χ0n) is 10.6. The lowest BCUT2D eigenvalue weighted by atomic mass is 10.5. The number of imidazole rings is 1. The molecule has 4 nitrogen and oxygen atoms in total. The first-order valence-electron chi connectivity index (χ1n) is 5.40. The topological polar surface area (TPSA) is 50.8 Å². The van der Waals surface area contributed by atoms with Crippen molar-refractivity contribution in [2.45, 2.75) is 45.9 Å². The molecule has 1 aromatic rings. The lowest BCUT2D eigenvalue weighted by Crippen LogP contribution is -2.38. The van der Waals surface area contributed by atoms with Crippen LogP contribution in [0.2, 0.25) is 19.6 Å². The molecule has 88 valence electrons. The van der Waals surface area contributed by atoms with Gasteiger partial charge in [-0.15, -0.1) is 0 Å². The predicted molar refractivity (Wildman–Crippen MR) is 65.6 cm³/mol. The Morgan fingerprint density at radius 1 is 1.56 bits per heavy atom. The summed E-state index contributed by atoms with van der Waals surface area (Å²) < 4.78 is 7.68. The van der Waals surface area contributed by atoms with E-state index in [1.54, 1.807) is 6.20 Å². The van der Waals surface area contributed by atoms with Crippen LogP contribution in [0.5, 0.6) is 0 Å². The van der Waals surface area contributed by atoms with E-state index in [1.807, 2.05) is 17.6 Å². The lowest BCUT2D eigenvalue weighted by molar-refractivity contribution is 0.0553. The average molecular weight is 237 g/mol. The first-order valence-corrected chi connectivity index (χ1v) is 8.98. The van der Waals surface area contributed by atoms with E-state index in [0.717, 1.165) is 5.82 Å². The summed E-state index contributed by atoms with van der Waals surface area (Å²) in [5.74, 6) is 0.819. The molecule has 1 unspecified atom stereocenters. The van der Waals surface area contributed by atoms with Gasteiger partial charge in [0, 0.05) is 11.9 Å². The maximum absolute atomic E-state index is 8.72. The van der Waals surface area contributed by atoms with E-state index in [1.165, 1.54) is 0 Å². The third kappa shape index (κ3) is 3.19. The molecule has 0 N–H and O–H groups in total. The third-order valence-corrected chi connectivity index (χ3v) is 5.38. The van der Waals surface area contributed by atoms with Crippen molar-refractivity contribution >= 4 is 8.07 Å². The second kappa shape index (κ2) is 4.81. The SMILES string of the molecule is Cc1nc(C#N)cn1COC(C)[Si](C)(C)C. The van der Waals surface area contributed by atoms with E-state index in [2.05, 4.69) is 31.5 Å². The van der Waals surface area contributed by atoms with Crippen LogP contribution in [-0.4, -0.2) is 23.4 Å². The summed E-state index contributed by atoms with van der Waals surface area (Å²) in [5, 5.41) is 8.72. The second-order valence-electron chi connectivity index (χ2n) is 5.06. The van der Waals surface area contributed by atoms with Gasteiger partial charge in [0.2, 0.25) is 0 Å². The van der Waals surface area contributed by atoms with Gasteiger partial charge in [0.05, 0.1) is 8.07 Å². The largest absolute Gasteiger partial charge is 0.361 e. The molecular formula is C11H19N3OSi. The number of nitriles is 1. The van der Waals surface area contributed by atoms with Crippen LogP contribution in [0, 0.1) is 18.3 Å². The van der Waals surface area contributed by atoms with Crippen LogP contribution in [0.4, 0.5) is 0 Å². The van der Waals surface area contributed by atoms with Crippen molar-refractivity contribution in [2.24, 2.45) is 0 Å². The van der Waals surface area contributed by atoms with Crippen LogP contribution in [0.25, 0.3) is 0 Å². The first-order chi connectivity index (χ1) is 7.34. The Morgan fingerprint density at radius 2 is 2.19 bits per heavy atom. The fraction of sp³-hybridized carbons (Fsp3) is 0.636. The molecule has 0 aliphatic carbocycles. The Morgan fingerprint density at radius 3 is 2.62 bits per heavy atom. The summed E-state index contributed by atoms with van der Waals surface area (Å²) in [6, 6.07) is 2.03. The van der Waals surface area contributed by atoms with Crippen LogP contribution in [0.3, 0.4) is 0 Å². The van der Waals surface area contributed by atoms with Crippen molar-refractivity contribution in [1.29, 1.82) is 5.26 Å². The highest BCUT2D eigenvalue weighted by atomic mass is 28.3. The first kappa shape index (κ1) is 12.9. The monoisotopic (exact) mass is 237 g/mol. The molecule has 1 heterocycles. The Kier molecular flexibility index (Phi) is 3.89. The Balaban J connectivity index is 2.62. The second-order valence-corrected chi connectivity index (χ2v) is 10.6. The highest BCUT2D eigenvalue weighted by molar-refractivity contribution is 6.77. The summed E-state index contributed by atoms with van der Waals surface area (Å²) >= 11 is 0. The predicted octanol–water partition coefficient (Wildman–Crippen LogP) is 2.30. The van der Waals surface area contributed by atoms with Gasteiger partial charge < -0.3 is 9.30 Å². The van der Waals surface area contributed by atoms with Crippen LogP contribution < -0.4 is 0 Å². The zero-order chi connectivity index (χ0) is 12.3. The average Bonchev–Trinajstić information content (AvgIpc) is 2.54. The molecule has 16 heavy (non-hydrogen) atoms. The summed E-state index contributed by atoms with van der Waals surface area (Å²) in [4.78, 5) is 4.10. The smallest absolute Gasteiger partial charge is 0.158 e. The minimum absolute atomic E-state index is 0.292. The summed E-state index contributed by atoms with van der Waals surface area (Å²) in [7, 11) is -1.25. The molecule has 5 heteroatoms. The summed E-state index contributed by atoms with van der Waals surface area (Å²) in [6.45, 7) is 11.3. The van der Waals surface area contributed by atoms with E-state index < -0.39 is 8.07 Å². The molecule has 0 radical (unpaired) electrons. The van der Waals surface area contributed by atoms with Crippen molar-refractivity contribution in [3.63, 3.8) is 0 Å². The minimum atomic E-state index is -1.25. The molecule has 0 fully saturated rings. The molecule has 0 bridgehead atoms. The Labute approximate surface area is 97.9 Å². The molecule has 1 aromatic heterocycles. The lowest BCUT2D eigenvalue weighted by Gasteiger charge is -2.25. The Hall–Kier alpha value is -1.12. The molecule has 1 rings (SSSR count). The van der Waals surface area contributed by atoms with E-state index in [-0.39, 0.29) is 0 Å². The van der Waals surface area contributed by atoms with Gasteiger partial charge in [0.25, 0.3) is 0 Å². The number of hydrogen-bond donors (Lipinski definition) is 0. The molecule has 0 aliphatic rings. The van der Waals surface area contributed by atoms with Crippen molar-refractivity contribution in [3.05, 3.63) is 17.7 Å². The van der Waals surface area contributed by atoms with E-state index in [0.29, 0.717) is 18.2 Å². The normalized spacial score (nSPS) is 13.5. The van der Waals surface area contributed by atoms with E-state index >= 15 is 0 Å². The van der Waals surface area contributed by atoms with E-state index in [9.17, 15) is 0 Å². The molecule has 0 amide bonds. The highest BCUT2D eigenvalue weighted by Crippen LogP contribution is 2.12. The Bertz CT molecular complexity index is 400. The number of rotatable bonds is 4. The fourth-order valence-electron chi connectivity index (χ4n) is 1.14. The molecule has 0 aliphatic heterocycles. The number of aryl methyl sites for hydroxylation is 1. The number of aromatic nitrogens is 2. The quantitative estimate of drug-likeness (QED) is 0.755. The summed E-state index contributed by atoms with van der Waals surface area (Å²) in [5.41, 5.74) is 0.738. The van der Waals surface area contributed by atoms with Gasteiger partial charge >= 0.3 is 0 Å². The van der Waals surface area contributed by atoms with Crippen molar-refractivity contribution in [3.8, 4) is 6.07 Å². The van der Waals surface area contributed by atoms with Gasteiger partial charge in [-0.1, -0.05) is 19.6 Å². The molecule has 1 atom stereocenters. The molecular weight excluding hydrogens is 218 g/mol. The van der Waals surface area contributed by atoms with Crippen LogP contribution >= 0.6 is 0 Å². The van der Waals surface area contributed by atoms with Gasteiger partial charge in [0.1, 0.15) is 18.6 Å². The van der Waals surface area contributed by atoms with Gasteiger partial charge in [-0.2, -0.15) is 5.26 Å². The maximum Gasteiger partial charge on any atom is 0.158 e. The third-order valence-electron chi connectivity index (χ3n) is 2.77. The standard InChI is InChI=1S/C11H19N3OSi/c1-9-13-11(6-12)7-14(9)8-15-10(2)16(3,4)5/h7,10H,8H2,1-5H3. The van der Waals surface area contributed by atoms with Gasteiger partial charge in [-0.05, 0) is 13.8 Å². The molecule has 0 saturated carbocycles. The van der Waals surface area contributed by atoms with Crippen molar-refractivity contribution < 1.29 is 4.74 Å². The van der Waals surface area contributed by atoms with Gasteiger partial charge in [-0.25, -0.2) is 4.98 Å². The fourth-order valence-corrected chi connectivity index (χ4v) is 1.71. The zero-order valence-corrected chi connectivity index (χ0v) is 11.6. The number of hydrogen-bond acceptors (Lipinski definition) is 3. The molecule has 0 spiro atoms. The summed E-state index contributed by atoms with van der Waals surface area (Å²) in [6.07, 6.45) is 1.73. The maximum atomic E-state index is 8.72. The van der Waals surface area contributed by atoms with Crippen molar-refractivity contribution in [2.75, 3.05) is 0 Å². The highest BCUT2D eigenvalue weighted by Gasteiger charge is 2.23. The van der Waals surface area contributed by atoms with Crippen LogP contribution in [-0.2, 0) is 11.5 Å². The van der Waals surface area contributed by atoms with Crippen LogP contribution in [0.15, 0.2) is 6.20 Å². The minimum Gasteiger partial charge on any atom is -0.361 e. The van der Waals surface area contributed by atoms with Crippen LogP contribution in [0.1, 0.15) is 18.4 Å². The molecule has 0 saturated heterocycles. The number of nitrogens with zero attached hydrogens (tertiary/aromatic N) is 3. The van der Waals surface area contributed by atoms with Gasteiger partial charge in [0.15, 0.2) is 5.69 Å².